The van der Waals surface area contributed by atoms with Crippen LogP contribution in [0.2, 0.25) is 0 Å². The van der Waals surface area contributed by atoms with E-state index in [0.29, 0.717) is 23.7 Å². The third-order valence-electron chi connectivity index (χ3n) is 9.05. The Morgan fingerprint density at radius 1 is 1.03 bits per heavy atom. The molecule has 0 bridgehead atoms. The van der Waals surface area contributed by atoms with E-state index in [1.807, 2.05) is 38.1 Å². The molecule has 2 saturated carbocycles. The van der Waals surface area contributed by atoms with Crippen molar-refractivity contribution in [3.63, 3.8) is 0 Å². The minimum atomic E-state index is -0.627. The standard InChI is InChI=1S/C33H44O3/c1-7-9-23-11-13-29(34)28(19-23)24-12-14-30(25(20-24)10-8-2)36-33(6)18-17-32(5)16-15-26(31(3,4)35)21-27(32)22-33/h7-8,11-14,19-20,26-27,34-35H,1-2,9-10,15-18,21-22H2,3-6H3. The molecule has 4 atom stereocenters. The van der Waals surface area contributed by atoms with Gasteiger partial charge in [-0.15, -0.1) is 13.2 Å². The van der Waals surface area contributed by atoms with Crippen molar-refractivity contribution in [1.29, 1.82) is 0 Å². The molecular weight excluding hydrogens is 444 g/mol. The van der Waals surface area contributed by atoms with Crippen molar-refractivity contribution in [2.24, 2.45) is 17.3 Å². The first-order chi connectivity index (χ1) is 17.0. The van der Waals surface area contributed by atoms with Gasteiger partial charge in [0, 0.05) is 5.56 Å². The lowest BCUT2D eigenvalue weighted by atomic mass is 9.54. The molecule has 0 amide bonds. The average Bonchev–Trinajstić information content (AvgIpc) is 2.81. The molecule has 3 nitrogen and oxygen atoms in total. The molecule has 4 rings (SSSR count). The van der Waals surface area contributed by atoms with E-state index >= 15 is 0 Å². The maximum atomic E-state index is 10.7. The van der Waals surface area contributed by atoms with Crippen LogP contribution in [0.15, 0.2) is 61.7 Å². The monoisotopic (exact) mass is 488 g/mol. The maximum Gasteiger partial charge on any atom is 0.123 e. The Balaban J connectivity index is 1.59. The molecular formula is C33H44O3. The van der Waals surface area contributed by atoms with Crippen LogP contribution < -0.4 is 4.74 Å². The van der Waals surface area contributed by atoms with E-state index < -0.39 is 5.60 Å². The van der Waals surface area contributed by atoms with Gasteiger partial charge in [0.1, 0.15) is 17.1 Å². The summed E-state index contributed by atoms with van der Waals surface area (Å²) < 4.78 is 6.84. The van der Waals surface area contributed by atoms with Crippen LogP contribution in [-0.2, 0) is 12.8 Å². The van der Waals surface area contributed by atoms with Crippen molar-refractivity contribution in [3.8, 4) is 22.6 Å². The van der Waals surface area contributed by atoms with E-state index in [0.717, 1.165) is 66.5 Å². The fourth-order valence-electron chi connectivity index (χ4n) is 6.56. The molecule has 0 heterocycles. The highest BCUT2D eigenvalue weighted by Crippen LogP contribution is 2.56. The van der Waals surface area contributed by atoms with Gasteiger partial charge >= 0.3 is 0 Å². The van der Waals surface area contributed by atoms with Crippen LogP contribution in [0.25, 0.3) is 11.1 Å². The van der Waals surface area contributed by atoms with Crippen LogP contribution in [0.4, 0.5) is 0 Å². The molecule has 2 fully saturated rings. The summed E-state index contributed by atoms with van der Waals surface area (Å²) in [6, 6.07) is 12.0. The molecule has 36 heavy (non-hydrogen) atoms. The van der Waals surface area contributed by atoms with Crippen molar-refractivity contribution in [3.05, 3.63) is 72.8 Å². The lowest BCUT2D eigenvalue weighted by Gasteiger charge is -2.54. The van der Waals surface area contributed by atoms with Gasteiger partial charge in [-0.2, -0.15) is 0 Å². The number of phenolic OH excluding ortho intramolecular Hbond substituents is 1. The summed E-state index contributed by atoms with van der Waals surface area (Å²) in [6.07, 6.45) is 11.8. The Kier molecular flexibility index (Phi) is 7.44. The molecule has 0 radical (unpaired) electrons. The summed E-state index contributed by atoms with van der Waals surface area (Å²) in [5, 5.41) is 21.3. The third-order valence-corrected chi connectivity index (χ3v) is 9.05. The molecule has 3 heteroatoms. The summed E-state index contributed by atoms with van der Waals surface area (Å²) in [6.45, 7) is 16.4. The van der Waals surface area contributed by atoms with Gasteiger partial charge in [-0.1, -0.05) is 31.2 Å². The molecule has 2 N–H and O–H groups in total. The number of hydrogen-bond acceptors (Lipinski definition) is 3. The van der Waals surface area contributed by atoms with Crippen molar-refractivity contribution < 1.29 is 14.9 Å². The van der Waals surface area contributed by atoms with E-state index in [1.165, 1.54) is 6.42 Å². The zero-order valence-electron chi connectivity index (χ0n) is 22.6. The molecule has 0 saturated heterocycles. The van der Waals surface area contributed by atoms with Gasteiger partial charge in [0.25, 0.3) is 0 Å². The first-order valence-corrected chi connectivity index (χ1v) is 13.5. The Labute approximate surface area is 217 Å². The predicted octanol–water partition coefficient (Wildman–Crippen LogP) is 8.03. The zero-order chi connectivity index (χ0) is 26.1. The van der Waals surface area contributed by atoms with Crippen LogP contribution >= 0.6 is 0 Å². The van der Waals surface area contributed by atoms with Crippen molar-refractivity contribution >= 4 is 0 Å². The lowest BCUT2D eigenvalue weighted by molar-refractivity contribution is -0.0941. The second kappa shape index (κ2) is 10.1. The maximum absolute atomic E-state index is 10.7. The molecule has 194 valence electrons. The van der Waals surface area contributed by atoms with Gasteiger partial charge < -0.3 is 14.9 Å². The largest absolute Gasteiger partial charge is 0.507 e. The highest BCUT2D eigenvalue weighted by molar-refractivity contribution is 5.72. The van der Waals surface area contributed by atoms with E-state index in [-0.39, 0.29) is 11.4 Å². The van der Waals surface area contributed by atoms with Crippen molar-refractivity contribution in [1.82, 2.24) is 0 Å². The SMILES string of the molecule is C=CCc1ccc(O)c(-c2ccc(OC3(C)CCC4(C)CCC(C(C)(C)O)CC4C3)c(CC=C)c2)c1. The van der Waals surface area contributed by atoms with Crippen molar-refractivity contribution in [2.45, 2.75) is 90.3 Å². The van der Waals surface area contributed by atoms with E-state index in [9.17, 15) is 10.2 Å². The number of aromatic hydroxyl groups is 1. The minimum absolute atomic E-state index is 0.241. The van der Waals surface area contributed by atoms with Gasteiger partial charge in [-0.3, -0.25) is 0 Å². The first kappa shape index (κ1) is 26.5. The summed E-state index contributed by atoms with van der Waals surface area (Å²) in [5.74, 6) is 2.07. The Morgan fingerprint density at radius 2 is 1.78 bits per heavy atom. The summed E-state index contributed by atoms with van der Waals surface area (Å²) >= 11 is 0. The Morgan fingerprint density at radius 3 is 2.47 bits per heavy atom. The fourth-order valence-corrected chi connectivity index (χ4v) is 6.56. The molecule has 2 aromatic rings. The minimum Gasteiger partial charge on any atom is -0.507 e. The Hall–Kier alpha value is -2.52. The second-order valence-electron chi connectivity index (χ2n) is 12.4. The number of phenols is 1. The third kappa shape index (κ3) is 5.57. The van der Waals surface area contributed by atoms with Crippen LogP contribution in [0.5, 0.6) is 11.5 Å². The topological polar surface area (TPSA) is 49.7 Å². The Bertz CT molecular complexity index is 1110. The quantitative estimate of drug-likeness (QED) is 0.370. The number of hydrogen-bond donors (Lipinski definition) is 2. The first-order valence-electron chi connectivity index (χ1n) is 13.5. The van der Waals surface area contributed by atoms with Crippen LogP contribution in [0.3, 0.4) is 0 Å². The van der Waals surface area contributed by atoms with E-state index in [4.69, 9.17) is 4.74 Å². The van der Waals surface area contributed by atoms with Gasteiger partial charge in [-0.05, 0) is 130 Å². The molecule has 0 spiro atoms. The van der Waals surface area contributed by atoms with Crippen LogP contribution in [-0.4, -0.2) is 21.4 Å². The number of ether oxygens (including phenoxy) is 1. The van der Waals surface area contributed by atoms with E-state index in [2.05, 4.69) is 45.2 Å². The number of benzene rings is 2. The van der Waals surface area contributed by atoms with Gasteiger partial charge in [0.2, 0.25) is 0 Å². The van der Waals surface area contributed by atoms with Crippen molar-refractivity contribution in [2.75, 3.05) is 0 Å². The highest BCUT2D eigenvalue weighted by Gasteiger charge is 2.50. The molecule has 0 aromatic heterocycles. The molecule has 2 aromatic carbocycles. The summed E-state index contributed by atoms with van der Waals surface area (Å²) in [5.41, 5.74) is 3.48. The van der Waals surface area contributed by atoms with Gasteiger partial charge in [-0.25, -0.2) is 0 Å². The van der Waals surface area contributed by atoms with E-state index in [1.54, 1.807) is 6.07 Å². The molecule has 0 aliphatic heterocycles. The zero-order valence-corrected chi connectivity index (χ0v) is 22.6. The molecule has 4 unspecified atom stereocenters. The smallest absolute Gasteiger partial charge is 0.123 e. The predicted molar refractivity (Wildman–Crippen MR) is 149 cm³/mol. The fraction of sp³-hybridized carbons (Fsp3) is 0.515. The summed E-state index contributed by atoms with van der Waals surface area (Å²) in [7, 11) is 0. The number of allylic oxidation sites excluding steroid dienone is 2. The number of fused-ring (bicyclic) bond motifs is 1. The lowest BCUT2D eigenvalue weighted by Crippen LogP contribution is -2.50. The highest BCUT2D eigenvalue weighted by atomic mass is 16.5. The summed E-state index contributed by atoms with van der Waals surface area (Å²) in [4.78, 5) is 0. The molecule has 2 aliphatic carbocycles. The number of rotatable bonds is 8. The van der Waals surface area contributed by atoms with Gasteiger partial charge in [0.05, 0.1) is 5.60 Å². The van der Waals surface area contributed by atoms with Gasteiger partial charge in [0.15, 0.2) is 0 Å². The number of aliphatic hydroxyl groups is 1. The molecule has 2 aliphatic rings. The normalized spacial score (nSPS) is 28.2. The average molecular weight is 489 g/mol. The van der Waals surface area contributed by atoms with Crippen LogP contribution in [0.1, 0.15) is 77.3 Å². The second-order valence-corrected chi connectivity index (χ2v) is 12.4. The van der Waals surface area contributed by atoms with Crippen LogP contribution in [0, 0.1) is 17.3 Å².